The van der Waals surface area contributed by atoms with Crippen LogP contribution in [0.25, 0.3) is 17.1 Å². The minimum atomic E-state index is -0.100. The van der Waals surface area contributed by atoms with Crippen molar-refractivity contribution in [2.75, 3.05) is 11.1 Å². The summed E-state index contributed by atoms with van der Waals surface area (Å²) in [6, 6.07) is 27.3. The molecule has 0 fully saturated rings. The fourth-order valence-corrected chi connectivity index (χ4v) is 3.99. The Bertz CT molecular complexity index is 1120. The highest BCUT2D eigenvalue weighted by molar-refractivity contribution is 9.10. The zero-order chi connectivity index (χ0) is 20.1. The standard InChI is InChI=1S/C22H17BrN4OS/c23-17-10-7-11-18(14-17)24-20(28)15-29-22-26-25-21(16-8-3-1-4-9-16)27(22)19-12-5-2-6-13-19/h1-14H,15H2,(H,24,28). The van der Waals surface area contributed by atoms with Crippen LogP contribution in [0.4, 0.5) is 5.69 Å². The van der Waals surface area contributed by atoms with Gasteiger partial charge in [-0.3, -0.25) is 9.36 Å². The first-order chi connectivity index (χ1) is 14.2. The van der Waals surface area contributed by atoms with Gasteiger partial charge in [-0.25, -0.2) is 0 Å². The van der Waals surface area contributed by atoms with Crippen molar-refractivity contribution in [2.45, 2.75) is 5.16 Å². The van der Waals surface area contributed by atoms with E-state index in [1.165, 1.54) is 11.8 Å². The van der Waals surface area contributed by atoms with Crippen LogP contribution >= 0.6 is 27.7 Å². The Labute approximate surface area is 181 Å². The fourth-order valence-electron chi connectivity index (χ4n) is 2.84. The SMILES string of the molecule is O=C(CSc1nnc(-c2ccccc2)n1-c1ccccc1)Nc1cccc(Br)c1. The van der Waals surface area contributed by atoms with Crippen LogP contribution in [-0.2, 0) is 4.79 Å². The summed E-state index contributed by atoms with van der Waals surface area (Å²) in [5.41, 5.74) is 2.67. The fraction of sp³-hybridized carbons (Fsp3) is 0.0455. The first kappa shape index (κ1) is 19.4. The highest BCUT2D eigenvalue weighted by Crippen LogP contribution is 2.28. The molecular weight excluding hydrogens is 448 g/mol. The minimum Gasteiger partial charge on any atom is -0.325 e. The average molecular weight is 465 g/mol. The van der Waals surface area contributed by atoms with Gasteiger partial charge in [0.2, 0.25) is 5.91 Å². The number of carbonyl (C=O) groups is 1. The van der Waals surface area contributed by atoms with Crippen molar-refractivity contribution in [3.8, 4) is 17.1 Å². The van der Waals surface area contributed by atoms with Crippen LogP contribution in [0.3, 0.4) is 0 Å². The monoisotopic (exact) mass is 464 g/mol. The molecule has 0 atom stereocenters. The number of thioether (sulfide) groups is 1. The van der Waals surface area contributed by atoms with E-state index in [1.807, 2.05) is 89.5 Å². The number of amides is 1. The third-order valence-electron chi connectivity index (χ3n) is 4.12. The number of hydrogen-bond donors (Lipinski definition) is 1. The molecule has 4 rings (SSSR count). The molecule has 1 aromatic heterocycles. The second kappa shape index (κ2) is 9.07. The predicted octanol–water partition coefficient (Wildman–Crippen LogP) is 5.43. The Morgan fingerprint density at radius 2 is 1.66 bits per heavy atom. The van der Waals surface area contributed by atoms with Crippen molar-refractivity contribution in [3.05, 3.63) is 89.4 Å². The average Bonchev–Trinajstić information content (AvgIpc) is 3.17. The predicted molar refractivity (Wildman–Crippen MR) is 120 cm³/mol. The number of rotatable bonds is 6. The van der Waals surface area contributed by atoms with E-state index in [9.17, 15) is 4.79 Å². The minimum absolute atomic E-state index is 0.100. The number of halogens is 1. The summed E-state index contributed by atoms with van der Waals surface area (Å²) in [7, 11) is 0. The van der Waals surface area contributed by atoms with Gasteiger partial charge in [-0.1, -0.05) is 82.3 Å². The molecule has 0 unspecified atom stereocenters. The normalized spacial score (nSPS) is 10.7. The third-order valence-corrected chi connectivity index (χ3v) is 5.54. The Morgan fingerprint density at radius 1 is 0.931 bits per heavy atom. The van der Waals surface area contributed by atoms with Crippen molar-refractivity contribution < 1.29 is 4.79 Å². The number of benzene rings is 3. The van der Waals surface area contributed by atoms with Crippen molar-refractivity contribution >= 4 is 39.3 Å². The van der Waals surface area contributed by atoms with Gasteiger partial charge < -0.3 is 5.32 Å². The highest BCUT2D eigenvalue weighted by Gasteiger charge is 2.17. The molecule has 0 spiro atoms. The third kappa shape index (κ3) is 4.75. The van der Waals surface area contributed by atoms with E-state index in [0.717, 1.165) is 27.2 Å². The first-order valence-corrected chi connectivity index (χ1v) is 10.7. The van der Waals surface area contributed by atoms with Crippen LogP contribution < -0.4 is 5.32 Å². The van der Waals surface area contributed by atoms with Crippen molar-refractivity contribution in [2.24, 2.45) is 0 Å². The lowest BCUT2D eigenvalue weighted by Crippen LogP contribution is -2.14. The molecule has 0 aliphatic rings. The second-order valence-corrected chi connectivity index (χ2v) is 8.05. The molecule has 0 saturated heterocycles. The Kier molecular flexibility index (Phi) is 6.07. The van der Waals surface area contributed by atoms with Gasteiger partial charge in [0.25, 0.3) is 0 Å². The number of para-hydroxylation sites is 1. The van der Waals surface area contributed by atoms with Gasteiger partial charge in [0.15, 0.2) is 11.0 Å². The van der Waals surface area contributed by atoms with E-state index >= 15 is 0 Å². The summed E-state index contributed by atoms with van der Waals surface area (Å²) >= 11 is 4.76. The summed E-state index contributed by atoms with van der Waals surface area (Å²) in [4.78, 5) is 12.4. The number of anilines is 1. The summed E-state index contributed by atoms with van der Waals surface area (Å²) in [5.74, 6) is 0.871. The molecule has 0 aliphatic carbocycles. The van der Waals surface area contributed by atoms with E-state index in [1.54, 1.807) is 0 Å². The molecule has 144 valence electrons. The van der Waals surface area contributed by atoms with Crippen LogP contribution in [0.1, 0.15) is 0 Å². The molecule has 4 aromatic rings. The van der Waals surface area contributed by atoms with Crippen LogP contribution in [-0.4, -0.2) is 26.4 Å². The molecule has 0 bridgehead atoms. The van der Waals surface area contributed by atoms with Crippen LogP contribution in [0, 0.1) is 0 Å². The Morgan fingerprint density at radius 3 is 2.38 bits per heavy atom. The van der Waals surface area contributed by atoms with Gasteiger partial charge in [-0.2, -0.15) is 0 Å². The molecule has 1 heterocycles. The molecule has 3 aromatic carbocycles. The summed E-state index contributed by atoms with van der Waals surface area (Å²) in [6.07, 6.45) is 0. The topological polar surface area (TPSA) is 59.8 Å². The van der Waals surface area contributed by atoms with Gasteiger partial charge in [-0.15, -0.1) is 10.2 Å². The van der Waals surface area contributed by atoms with Crippen LogP contribution in [0.2, 0.25) is 0 Å². The number of nitrogens with zero attached hydrogens (tertiary/aromatic N) is 3. The zero-order valence-electron chi connectivity index (χ0n) is 15.3. The first-order valence-electron chi connectivity index (χ1n) is 8.95. The number of aromatic nitrogens is 3. The Balaban J connectivity index is 1.57. The second-order valence-electron chi connectivity index (χ2n) is 6.19. The molecule has 1 amide bonds. The van der Waals surface area contributed by atoms with Gasteiger partial charge >= 0.3 is 0 Å². The molecule has 0 radical (unpaired) electrons. The lowest BCUT2D eigenvalue weighted by atomic mass is 10.2. The van der Waals surface area contributed by atoms with Crippen molar-refractivity contribution in [1.29, 1.82) is 0 Å². The molecule has 7 heteroatoms. The molecule has 0 aliphatic heterocycles. The zero-order valence-corrected chi connectivity index (χ0v) is 17.7. The van der Waals surface area contributed by atoms with E-state index < -0.39 is 0 Å². The number of hydrogen-bond acceptors (Lipinski definition) is 4. The van der Waals surface area contributed by atoms with Crippen molar-refractivity contribution in [3.63, 3.8) is 0 Å². The quantitative estimate of drug-likeness (QED) is 0.386. The van der Waals surface area contributed by atoms with E-state index in [0.29, 0.717) is 5.16 Å². The lowest BCUT2D eigenvalue weighted by molar-refractivity contribution is -0.113. The highest BCUT2D eigenvalue weighted by atomic mass is 79.9. The maximum Gasteiger partial charge on any atom is 0.234 e. The Hall–Kier alpha value is -2.90. The van der Waals surface area contributed by atoms with E-state index in [2.05, 4.69) is 31.4 Å². The van der Waals surface area contributed by atoms with E-state index in [4.69, 9.17) is 0 Å². The van der Waals surface area contributed by atoms with Crippen LogP contribution in [0.15, 0.2) is 94.6 Å². The molecule has 0 saturated carbocycles. The largest absolute Gasteiger partial charge is 0.325 e. The van der Waals surface area contributed by atoms with Gasteiger partial charge in [0, 0.05) is 21.4 Å². The number of nitrogens with one attached hydrogen (secondary N) is 1. The molecular formula is C22H17BrN4OS. The van der Waals surface area contributed by atoms with Crippen molar-refractivity contribution in [1.82, 2.24) is 14.8 Å². The van der Waals surface area contributed by atoms with Gasteiger partial charge in [0.1, 0.15) is 0 Å². The summed E-state index contributed by atoms with van der Waals surface area (Å²) < 4.78 is 2.89. The van der Waals surface area contributed by atoms with Gasteiger partial charge in [-0.05, 0) is 30.3 Å². The molecule has 1 N–H and O–H groups in total. The maximum atomic E-state index is 12.4. The number of carbonyl (C=O) groups excluding carboxylic acids is 1. The van der Waals surface area contributed by atoms with E-state index in [-0.39, 0.29) is 11.7 Å². The van der Waals surface area contributed by atoms with Gasteiger partial charge in [0.05, 0.1) is 5.75 Å². The molecule has 29 heavy (non-hydrogen) atoms. The lowest BCUT2D eigenvalue weighted by Gasteiger charge is -2.10. The smallest absolute Gasteiger partial charge is 0.234 e. The van der Waals surface area contributed by atoms with Crippen LogP contribution in [0.5, 0.6) is 0 Å². The summed E-state index contributed by atoms with van der Waals surface area (Å²) in [5, 5.41) is 12.3. The summed E-state index contributed by atoms with van der Waals surface area (Å²) in [6.45, 7) is 0. The maximum absolute atomic E-state index is 12.4. The molecule has 5 nitrogen and oxygen atoms in total.